The fraction of sp³-hybridized carbons (Fsp3) is 0.0385. The van der Waals surface area contributed by atoms with Gasteiger partial charge in [0.15, 0.2) is 0 Å². The predicted molar refractivity (Wildman–Crippen MR) is 121 cm³/mol. The molecule has 4 aromatic carbocycles. The quantitative estimate of drug-likeness (QED) is 0.374. The predicted octanol–water partition coefficient (Wildman–Crippen LogP) is 5.43. The second-order valence-electron chi connectivity index (χ2n) is 7.73. The zero-order valence-electron chi connectivity index (χ0n) is 16.6. The molecule has 2 heterocycles. The van der Waals surface area contributed by atoms with Gasteiger partial charge in [-0.15, -0.1) is 0 Å². The standard InChI is InChI=1S/C26H18N2O2S/c29-31(30)24-12-5-4-7-19(24)16-20-15-18(13-14-25(20)31)22-10-6-11-23-26(22)27-17-28(23)21-8-2-1-3-9-21/h1-15,17H,16H2. The highest BCUT2D eigenvalue weighted by Crippen LogP contribution is 2.37. The first-order chi connectivity index (χ1) is 15.1. The third kappa shape index (κ3) is 2.74. The van der Waals surface area contributed by atoms with E-state index in [9.17, 15) is 8.42 Å². The molecule has 0 spiro atoms. The Balaban J connectivity index is 1.51. The number of para-hydroxylation sites is 2. The molecule has 5 heteroatoms. The summed E-state index contributed by atoms with van der Waals surface area (Å²) in [6.07, 6.45) is 2.44. The lowest BCUT2D eigenvalue weighted by molar-refractivity contribution is 0.591. The van der Waals surface area contributed by atoms with E-state index in [1.54, 1.807) is 18.2 Å². The van der Waals surface area contributed by atoms with Crippen LogP contribution in [0.4, 0.5) is 0 Å². The summed E-state index contributed by atoms with van der Waals surface area (Å²) in [6, 6.07) is 29.1. The van der Waals surface area contributed by atoms with Crippen LogP contribution in [-0.4, -0.2) is 18.0 Å². The van der Waals surface area contributed by atoms with Crippen LogP contribution in [0.15, 0.2) is 107 Å². The Morgan fingerprint density at radius 1 is 0.742 bits per heavy atom. The van der Waals surface area contributed by atoms with Crippen LogP contribution in [0, 0.1) is 0 Å². The van der Waals surface area contributed by atoms with Crippen LogP contribution in [-0.2, 0) is 16.3 Å². The molecule has 0 aliphatic carbocycles. The van der Waals surface area contributed by atoms with Crippen LogP contribution < -0.4 is 0 Å². The van der Waals surface area contributed by atoms with Crippen molar-refractivity contribution in [1.29, 1.82) is 0 Å². The molecule has 0 bridgehead atoms. The van der Waals surface area contributed by atoms with Crippen molar-refractivity contribution in [1.82, 2.24) is 9.55 Å². The summed E-state index contributed by atoms with van der Waals surface area (Å²) in [5, 5.41) is 0. The van der Waals surface area contributed by atoms with E-state index < -0.39 is 9.84 Å². The fourth-order valence-electron chi connectivity index (χ4n) is 4.45. The molecule has 5 aromatic rings. The average Bonchev–Trinajstić information content (AvgIpc) is 3.24. The van der Waals surface area contributed by atoms with Crippen LogP contribution in [0.3, 0.4) is 0 Å². The van der Waals surface area contributed by atoms with Crippen molar-refractivity contribution in [2.24, 2.45) is 0 Å². The summed E-state index contributed by atoms with van der Waals surface area (Å²) < 4.78 is 28.3. The smallest absolute Gasteiger partial charge is 0.207 e. The largest absolute Gasteiger partial charge is 0.299 e. The van der Waals surface area contributed by atoms with Crippen molar-refractivity contribution in [2.45, 2.75) is 16.2 Å². The van der Waals surface area contributed by atoms with Gasteiger partial charge in [-0.1, -0.05) is 54.6 Å². The number of benzene rings is 4. The molecule has 0 radical (unpaired) electrons. The van der Waals surface area contributed by atoms with Gasteiger partial charge in [0.05, 0.1) is 20.8 Å². The van der Waals surface area contributed by atoms with Crippen LogP contribution in [0.2, 0.25) is 0 Å². The van der Waals surface area contributed by atoms with Gasteiger partial charge in [-0.2, -0.15) is 0 Å². The fourth-order valence-corrected chi connectivity index (χ4v) is 6.15. The number of nitrogens with zero attached hydrogens (tertiary/aromatic N) is 2. The summed E-state index contributed by atoms with van der Waals surface area (Å²) in [4.78, 5) is 5.51. The lowest BCUT2D eigenvalue weighted by Gasteiger charge is -2.20. The molecule has 1 aliphatic rings. The zero-order chi connectivity index (χ0) is 21.0. The van der Waals surface area contributed by atoms with Crippen LogP contribution >= 0.6 is 0 Å². The van der Waals surface area contributed by atoms with E-state index in [2.05, 4.69) is 22.8 Å². The molecule has 4 nitrogen and oxygen atoms in total. The maximum Gasteiger partial charge on any atom is 0.207 e. The van der Waals surface area contributed by atoms with Gasteiger partial charge in [-0.05, 0) is 53.1 Å². The Morgan fingerprint density at radius 2 is 1.52 bits per heavy atom. The molecular formula is C26H18N2O2S. The number of hydrogen-bond donors (Lipinski definition) is 0. The summed E-state index contributed by atoms with van der Waals surface area (Å²) in [7, 11) is -3.49. The minimum atomic E-state index is -3.49. The van der Waals surface area contributed by atoms with Crippen molar-refractivity contribution in [3.05, 3.63) is 108 Å². The summed E-state index contributed by atoms with van der Waals surface area (Å²) in [6.45, 7) is 0. The topological polar surface area (TPSA) is 52.0 Å². The number of hydrogen-bond acceptors (Lipinski definition) is 3. The molecule has 0 saturated heterocycles. The Bertz CT molecular complexity index is 1570. The van der Waals surface area contributed by atoms with Crippen molar-refractivity contribution in [2.75, 3.05) is 0 Å². The Hall–Kier alpha value is -3.70. The molecule has 6 rings (SSSR count). The normalized spacial score (nSPS) is 14.2. The average molecular weight is 423 g/mol. The minimum absolute atomic E-state index is 0.400. The molecule has 0 fully saturated rings. The van der Waals surface area contributed by atoms with Crippen molar-refractivity contribution < 1.29 is 8.42 Å². The van der Waals surface area contributed by atoms with Gasteiger partial charge in [0.2, 0.25) is 9.84 Å². The number of fused-ring (bicyclic) bond motifs is 3. The van der Waals surface area contributed by atoms with Gasteiger partial charge in [-0.25, -0.2) is 13.4 Å². The van der Waals surface area contributed by atoms with Crippen molar-refractivity contribution >= 4 is 20.9 Å². The summed E-state index contributed by atoms with van der Waals surface area (Å²) in [5.41, 5.74) is 6.60. The third-order valence-electron chi connectivity index (χ3n) is 5.91. The van der Waals surface area contributed by atoms with E-state index in [1.165, 1.54) is 0 Å². The Labute approximate surface area is 180 Å². The number of rotatable bonds is 2. The maximum absolute atomic E-state index is 13.1. The lowest BCUT2D eigenvalue weighted by atomic mass is 9.98. The van der Waals surface area contributed by atoms with Gasteiger partial charge in [0.1, 0.15) is 6.33 Å². The first-order valence-corrected chi connectivity index (χ1v) is 11.6. The van der Waals surface area contributed by atoms with Gasteiger partial charge in [-0.3, -0.25) is 4.57 Å². The zero-order valence-corrected chi connectivity index (χ0v) is 17.4. The van der Waals surface area contributed by atoms with Crippen molar-refractivity contribution in [3.8, 4) is 16.8 Å². The second-order valence-corrected chi connectivity index (χ2v) is 9.62. The SMILES string of the molecule is O=S1(=O)c2ccccc2Cc2cc(-c3cccc4c3ncn4-c3ccccc3)ccc21. The molecular weight excluding hydrogens is 404 g/mol. The second kappa shape index (κ2) is 6.65. The third-order valence-corrected chi connectivity index (χ3v) is 7.87. The monoisotopic (exact) mass is 422 g/mol. The van der Waals surface area contributed by atoms with Gasteiger partial charge in [0, 0.05) is 17.7 Å². The van der Waals surface area contributed by atoms with Crippen LogP contribution in [0.25, 0.3) is 27.8 Å². The Kier molecular flexibility index (Phi) is 3.88. The molecule has 1 aromatic heterocycles. The van der Waals surface area contributed by atoms with Gasteiger partial charge < -0.3 is 0 Å². The molecule has 0 atom stereocenters. The minimum Gasteiger partial charge on any atom is -0.299 e. The summed E-state index contributed by atoms with van der Waals surface area (Å²) in [5.74, 6) is 0. The number of aromatic nitrogens is 2. The molecule has 1 aliphatic heterocycles. The van der Waals surface area contributed by atoms with Crippen LogP contribution in [0.1, 0.15) is 11.1 Å². The van der Waals surface area contributed by atoms with Crippen molar-refractivity contribution in [3.63, 3.8) is 0 Å². The van der Waals surface area contributed by atoms with E-state index in [4.69, 9.17) is 4.98 Å². The highest BCUT2D eigenvalue weighted by atomic mass is 32.2. The molecule has 0 saturated carbocycles. The highest BCUT2D eigenvalue weighted by molar-refractivity contribution is 7.91. The molecule has 31 heavy (non-hydrogen) atoms. The van der Waals surface area contributed by atoms with Gasteiger partial charge in [0.25, 0.3) is 0 Å². The molecule has 0 unspecified atom stereocenters. The Morgan fingerprint density at radius 3 is 2.39 bits per heavy atom. The number of sulfone groups is 1. The van der Waals surface area contributed by atoms with E-state index in [-0.39, 0.29) is 0 Å². The van der Waals surface area contributed by atoms with E-state index >= 15 is 0 Å². The van der Waals surface area contributed by atoms with Crippen LogP contribution in [0.5, 0.6) is 0 Å². The van der Waals surface area contributed by atoms with Gasteiger partial charge >= 0.3 is 0 Å². The molecule has 150 valence electrons. The first-order valence-electron chi connectivity index (χ1n) is 10.1. The molecule has 0 amide bonds. The summed E-state index contributed by atoms with van der Waals surface area (Å²) >= 11 is 0. The van der Waals surface area contributed by atoms with E-state index in [0.29, 0.717) is 16.2 Å². The number of imidazole rings is 1. The first kappa shape index (κ1) is 18.1. The lowest BCUT2D eigenvalue weighted by Crippen LogP contribution is -2.14. The maximum atomic E-state index is 13.1. The van der Waals surface area contributed by atoms with E-state index in [1.807, 2.05) is 60.9 Å². The molecule has 0 N–H and O–H groups in total. The van der Waals surface area contributed by atoms with E-state index in [0.717, 1.165) is 39.0 Å². The highest BCUT2D eigenvalue weighted by Gasteiger charge is 2.29.